The van der Waals surface area contributed by atoms with E-state index in [1.807, 2.05) is 6.08 Å². The Hall–Kier alpha value is -2.43. The van der Waals surface area contributed by atoms with Gasteiger partial charge < -0.3 is 38.3 Å². The van der Waals surface area contributed by atoms with Gasteiger partial charge in [0.25, 0.3) is 0 Å². The summed E-state index contributed by atoms with van der Waals surface area (Å²) in [5, 5.41) is 10.8. The minimum Gasteiger partial charge on any atom is -0.497 e. The first-order chi connectivity index (χ1) is 16.2. The van der Waals surface area contributed by atoms with Crippen molar-refractivity contribution in [2.45, 2.75) is 63.5 Å². The first-order valence-corrected chi connectivity index (χ1v) is 11.1. The number of fused-ring (bicyclic) bond motifs is 2. The fraction of sp³-hybridized carbons (Fsp3) is 0.560. The number of carbonyl (C=O) groups excluding carboxylic acids is 1. The van der Waals surface area contributed by atoms with Crippen LogP contribution in [0.5, 0.6) is 11.5 Å². The molecule has 2 heterocycles. The van der Waals surface area contributed by atoms with E-state index in [2.05, 4.69) is 0 Å². The Morgan fingerprint density at radius 3 is 2.59 bits per heavy atom. The maximum atomic E-state index is 13.3. The van der Waals surface area contributed by atoms with Crippen molar-refractivity contribution in [1.29, 1.82) is 0 Å². The Morgan fingerprint density at radius 2 is 1.91 bits per heavy atom. The summed E-state index contributed by atoms with van der Waals surface area (Å²) in [5.41, 5.74) is 0.775. The van der Waals surface area contributed by atoms with Crippen LogP contribution in [0.2, 0.25) is 0 Å². The van der Waals surface area contributed by atoms with Crippen molar-refractivity contribution in [3.63, 3.8) is 0 Å². The predicted octanol–water partition coefficient (Wildman–Crippen LogP) is 3.09. The fourth-order valence-corrected chi connectivity index (χ4v) is 4.03. The normalized spacial score (nSPS) is 29.0. The molecule has 0 bridgehead atoms. The number of hydrogen-bond acceptors (Lipinski definition) is 9. The molecule has 188 valence electrons. The Bertz CT molecular complexity index is 908. The molecule has 0 amide bonds. The molecule has 0 aliphatic carbocycles. The van der Waals surface area contributed by atoms with Gasteiger partial charge in [-0.2, -0.15) is 0 Å². The Morgan fingerprint density at radius 1 is 1.15 bits per heavy atom. The molecule has 1 aromatic rings. The molecule has 1 unspecified atom stereocenters. The van der Waals surface area contributed by atoms with Gasteiger partial charge in [0.15, 0.2) is 12.6 Å². The summed E-state index contributed by atoms with van der Waals surface area (Å²) in [6.07, 6.45) is 4.12. The molecule has 2 aliphatic heterocycles. The van der Waals surface area contributed by atoms with Gasteiger partial charge in [-0.15, -0.1) is 0 Å². The molecule has 1 aromatic carbocycles. The van der Waals surface area contributed by atoms with E-state index in [-0.39, 0.29) is 18.1 Å². The number of aliphatic hydroxyl groups excluding tert-OH is 1. The van der Waals surface area contributed by atoms with Crippen LogP contribution in [0.3, 0.4) is 0 Å². The van der Waals surface area contributed by atoms with Gasteiger partial charge in [0.2, 0.25) is 0 Å². The van der Waals surface area contributed by atoms with Crippen molar-refractivity contribution >= 4 is 12.0 Å². The van der Waals surface area contributed by atoms with E-state index in [9.17, 15) is 9.90 Å². The number of rotatable bonds is 5. The van der Waals surface area contributed by atoms with E-state index in [4.69, 9.17) is 33.2 Å². The predicted molar refractivity (Wildman–Crippen MR) is 124 cm³/mol. The second kappa shape index (κ2) is 11.3. The monoisotopic (exact) mass is 478 g/mol. The Kier molecular flexibility index (Phi) is 8.72. The van der Waals surface area contributed by atoms with Gasteiger partial charge in [0, 0.05) is 20.3 Å². The van der Waals surface area contributed by atoms with Crippen LogP contribution in [0, 0.1) is 0 Å². The van der Waals surface area contributed by atoms with Crippen LogP contribution in [0.15, 0.2) is 30.4 Å². The van der Waals surface area contributed by atoms with Crippen LogP contribution in [0.25, 0.3) is 6.08 Å². The standard InChI is InChI=1S/C25H34O9/c1-15-19(30-6)11-10-18(26)23-20(33-25(2,3)34-23)9-7-8-16-12-17(29-5)13-21(31-14-28-4)22(16)24(27)32-15/h7-8,10-13,15,18-20,23,26H,9,14H2,1-6H3/t15-,18?,19+,20-,23+/m0/s1. The number of hydrogen-bond donors (Lipinski definition) is 1. The number of cyclic esters (lactones) is 1. The topological polar surface area (TPSA) is 102 Å². The van der Waals surface area contributed by atoms with Crippen LogP contribution in [0.1, 0.15) is 43.1 Å². The summed E-state index contributed by atoms with van der Waals surface area (Å²) in [5.74, 6) is -0.664. The number of ether oxygens (including phenoxy) is 7. The number of aliphatic hydroxyl groups is 1. The Balaban J connectivity index is 2.08. The lowest BCUT2D eigenvalue weighted by atomic mass is 10.0. The van der Waals surface area contributed by atoms with Crippen LogP contribution in [-0.2, 0) is 23.7 Å². The van der Waals surface area contributed by atoms with Gasteiger partial charge in [-0.1, -0.05) is 24.3 Å². The molecule has 9 heteroatoms. The highest BCUT2D eigenvalue weighted by Crippen LogP contribution is 2.34. The fourth-order valence-electron chi connectivity index (χ4n) is 4.03. The number of methoxy groups -OCH3 is 3. The lowest BCUT2D eigenvalue weighted by Gasteiger charge is -2.24. The third-order valence-electron chi connectivity index (χ3n) is 5.63. The smallest absolute Gasteiger partial charge is 0.342 e. The molecule has 9 nitrogen and oxygen atoms in total. The SMILES string of the molecule is COCOc1cc(OC)cc2c1C(=O)O[C@@H](C)[C@H](OC)C=CC(O)[C@H]1OC(C)(C)O[C@H]1CC=C2. The van der Waals surface area contributed by atoms with Crippen LogP contribution in [0.4, 0.5) is 0 Å². The molecule has 1 N–H and O–H groups in total. The highest BCUT2D eigenvalue weighted by molar-refractivity contribution is 5.97. The van der Waals surface area contributed by atoms with Crippen LogP contribution >= 0.6 is 0 Å². The Labute approximate surface area is 200 Å². The molecular formula is C25H34O9. The zero-order valence-corrected chi connectivity index (χ0v) is 20.5. The summed E-state index contributed by atoms with van der Waals surface area (Å²) in [4.78, 5) is 13.3. The lowest BCUT2D eigenvalue weighted by molar-refractivity contribution is -0.152. The average Bonchev–Trinajstić information content (AvgIpc) is 3.11. The van der Waals surface area contributed by atoms with Gasteiger partial charge in [0.05, 0.1) is 13.2 Å². The molecule has 0 saturated carbocycles. The summed E-state index contributed by atoms with van der Waals surface area (Å²) in [7, 11) is 4.53. The second-order valence-electron chi connectivity index (χ2n) is 8.60. The molecule has 0 radical (unpaired) electrons. The summed E-state index contributed by atoms with van der Waals surface area (Å²) >= 11 is 0. The van der Waals surface area contributed by atoms with Crippen LogP contribution < -0.4 is 9.47 Å². The molecule has 3 rings (SSSR count). The molecule has 0 spiro atoms. The average molecular weight is 479 g/mol. The molecule has 5 atom stereocenters. The van der Waals surface area contributed by atoms with Crippen molar-refractivity contribution in [1.82, 2.24) is 0 Å². The van der Waals surface area contributed by atoms with E-state index >= 15 is 0 Å². The van der Waals surface area contributed by atoms with E-state index < -0.39 is 42.3 Å². The number of carbonyl (C=O) groups is 1. The highest BCUT2D eigenvalue weighted by Gasteiger charge is 2.43. The number of esters is 1. The molecular weight excluding hydrogens is 444 g/mol. The zero-order valence-electron chi connectivity index (χ0n) is 20.5. The third-order valence-corrected chi connectivity index (χ3v) is 5.63. The summed E-state index contributed by atoms with van der Waals surface area (Å²) < 4.78 is 39.3. The van der Waals surface area contributed by atoms with Gasteiger partial charge in [-0.3, -0.25) is 0 Å². The molecule has 1 saturated heterocycles. The first kappa shape index (κ1) is 26.2. The van der Waals surface area contributed by atoms with E-state index in [1.165, 1.54) is 21.3 Å². The minimum atomic E-state index is -0.940. The van der Waals surface area contributed by atoms with Gasteiger partial charge >= 0.3 is 5.97 Å². The quantitative estimate of drug-likeness (QED) is 0.389. The third kappa shape index (κ3) is 6.17. The maximum absolute atomic E-state index is 13.3. The van der Waals surface area contributed by atoms with Crippen molar-refractivity contribution < 1.29 is 43.1 Å². The van der Waals surface area contributed by atoms with Gasteiger partial charge in [-0.25, -0.2) is 4.79 Å². The second-order valence-corrected chi connectivity index (χ2v) is 8.60. The lowest BCUT2D eigenvalue weighted by Crippen LogP contribution is -2.35. The van der Waals surface area contributed by atoms with Crippen LogP contribution in [-0.4, -0.2) is 75.5 Å². The summed E-state index contributed by atoms with van der Waals surface area (Å²) in [6.45, 7) is 5.27. The van der Waals surface area contributed by atoms with Crippen molar-refractivity contribution in [3.8, 4) is 11.5 Å². The van der Waals surface area contributed by atoms with Gasteiger partial charge in [-0.05, 0) is 38.8 Å². The molecule has 1 fully saturated rings. The largest absolute Gasteiger partial charge is 0.497 e. The molecule has 2 aliphatic rings. The maximum Gasteiger partial charge on any atom is 0.342 e. The first-order valence-electron chi connectivity index (χ1n) is 11.1. The zero-order chi connectivity index (χ0) is 24.9. The molecule has 34 heavy (non-hydrogen) atoms. The van der Waals surface area contributed by atoms with Crippen molar-refractivity contribution in [2.24, 2.45) is 0 Å². The molecule has 0 aromatic heterocycles. The van der Waals surface area contributed by atoms with E-state index in [1.54, 1.807) is 51.1 Å². The summed E-state index contributed by atoms with van der Waals surface area (Å²) in [6, 6.07) is 3.33. The number of benzene rings is 1. The van der Waals surface area contributed by atoms with E-state index in [0.717, 1.165) is 0 Å². The van der Waals surface area contributed by atoms with E-state index in [0.29, 0.717) is 17.7 Å². The van der Waals surface area contributed by atoms with Crippen molar-refractivity contribution in [2.75, 3.05) is 28.1 Å². The van der Waals surface area contributed by atoms with Gasteiger partial charge in [0.1, 0.15) is 41.5 Å². The highest BCUT2D eigenvalue weighted by atomic mass is 16.8. The minimum absolute atomic E-state index is 0.0580. The van der Waals surface area contributed by atoms with Crippen molar-refractivity contribution in [3.05, 3.63) is 41.5 Å².